The third kappa shape index (κ3) is 3.54. The van der Waals surface area contributed by atoms with Crippen LogP contribution >= 0.6 is 0 Å². The van der Waals surface area contributed by atoms with E-state index in [4.69, 9.17) is 9.47 Å². The van der Waals surface area contributed by atoms with E-state index in [9.17, 15) is 14.4 Å². The van der Waals surface area contributed by atoms with Crippen molar-refractivity contribution >= 4 is 34.7 Å². The molecule has 3 aromatic rings. The fourth-order valence-corrected chi connectivity index (χ4v) is 5.19. The van der Waals surface area contributed by atoms with E-state index in [1.165, 1.54) is 4.90 Å². The Morgan fingerprint density at radius 1 is 0.889 bits per heavy atom. The zero-order valence-corrected chi connectivity index (χ0v) is 21.5. The minimum absolute atomic E-state index is 0.242. The molecule has 0 fully saturated rings. The SMILES string of the molecule is CC(C)(C)OC(=O)N1C(=O)[C@@]2(c3ccccc31)c1[nH]c3ccccc3c1CCN2C(=O)OC(C)(C)C. The van der Waals surface area contributed by atoms with E-state index in [0.29, 0.717) is 23.4 Å². The molecular weight excluding hydrogens is 458 g/mol. The quantitative estimate of drug-likeness (QED) is 0.451. The summed E-state index contributed by atoms with van der Waals surface area (Å²) in [5.74, 6) is -0.573. The molecular formula is C28H31N3O5. The molecule has 1 N–H and O–H groups in total. The zero-order valence-electron chi connectivity index (χ0n) is 21.5. The molecule has 3 amide bonds. The molecule has 5 rings (SSSR count). The van der Waals surface area contributed by atoms with Crippen molar-refractivity contribution in [3.8, 4) is 0 Å². The summed E-state index contributed by atoms with van der Waals surface area (Å²) >= 11 is 0. The van der Waals surface area contributed by atoms with Gasteiger partial charge in [-0.2, -0.15) is 0 Å². The van der Waals surface area contributed by atoms with Crippen LogP contribution in [0.5, 0.6) is 0 Å². The number of anilines is 1. The van der Waals surface area contributed by atoms with Crippen LogP contribution in [0.2, 0.25) is 0 Å². The number of amides is 3. The lowest BCUT2D eigenvalue weighted by atomic mass is 9.80. The van der Waals surface area contributed by atoms with Gasteiger partial charge in [-0.25, -0.2) is 14.5 Å². The lowest BCUT2D eigenvalue weighted by Gasteiger charge is -2.43. The molecule has 1 spiro atoms. The number of hydrogen-bond acceptors (Lipinski definition) is 5. The number of carbonyl (C=O) groups is 3. The van der Waals surface area contributed by atoms with Crippen molar-refractivity contribution in [3.63, 3.8) is 0 Å². The maximum absolute atomic E-state index is 14.5. The van der Waals surface area contributed by atoms with Gasteiger partial charge in [0, 0.05) is 23.0 Å². The van der Waals surface area contributed by atoms with E-state index in [1.54, 1.807) is 65.8 Å². The summed E-state index contributed by atoms with van der Waals surface area (Å²) in [5.41, 5.74) is 0.0908. The third-order valence-corrected chi connectivity index (χ3v) is 6.40. The Morgan fingerprint density at radius 2 is 1.50 bits per heavy atom. The van der Waals surface area contributed by atoms with Crippen molar-refractivity contribution in [3.05, 3.63) is 65.4 Å². The van der Waals surface area contributed by atoms with Crippen LogP contribution in [0.25, 0.3) is 10.9 Å². The molecule has 8 nitrogen and oxygen atoms in total. The predicted octanol–water partition coefficient (Wildman–Crippen LogP) is 5.49. The van der Waals surface area contributed by atoms with E-state index < -0.39 is 34.8 Å². The monoisotopic (exact) mass is 489 g/mol. The summed E-state index contributed by atoms with van der Waals surface area (Å²) < 4.78 is 11.4. The number of carbonyl (C=O) groups excluding carboxylic acids is 3. The highest BCUT2D eigenvalue weighted by Crippen LogP contribution is 2.52. The topological polar surface area (TPSA) is 91.9 Å². The molecule has 1 atom stereocenters. The van der Waals surface area contributed by atoms with E-state index >= 15 is 0 Å². The second-order valence-electron chi connectivity index (χ2n) is 11.3. The first-order chi connectivity index (χ1) is 16.8. The van der Waals surface area contributed by atoms with Crippen LogP contribution in [-0.4, -0.2) is 45.7 Å². The second kappa shape index (κ2) is 7.85. The lowest BCUT2D eigenvalue weighted by Crippen LogP contribution is -2.60. The standard InChI is InChI=1S/C28H31N3O5/c1-26(2,3)35-24(33)30-16-15-18-17-11-7-9-13-20(17)29-22(18)28(30)19-12-8-10-14-21(19)31(23(28)32)25(34)36-27(4,5)6/h7-14,29H,15-16H2,1-6H3/t28-/m1/s1. The maximum Gasteiger partial charge on any atom is 0.421 e. The van der Waals surface area contributed by atoms with Crippen molar-refractivity contribution in [1.29, 1.82) is 0 Å². The number of hydrogen-bond donors (Lipinski definition) is 1. The molecule has 188 valence electrons. The maximum atomic E-state index is 14.5. The third-order valence-electron chi connectivity index (χ3n) is 6.40. The van der Waals surface area contributed by atoms with E-state index in [1.807, 2.05) is 24.3 Å². The molecule has 0 aliphatic carbocycles. The van der Waals surface area contributed by atoms with Gasteiger partial charge in [-0.1, -0.05) is 36.4 Å². The smallest absolute Gasteiger partial charge is 0.421 e. The molecule has 36 heavy (non-hydrogen) atoms. The largest absolute Gasteiger partial charge is 0.444 e. The minimum atomic E-state index is -1.61. The molecule has 0 saturated heterocycles. The molecule has 2 aliphatic heterocycles. The van der Waals surface area contributed by atoms with Crippen molar-refractivity contribution in [1.82, 2.24) is 9.88 Å². The number of nitrogens with zero attached hydrogens (tertiary/aromatic N) is 2. The number of rotatable bonds is 0. The number of aromatic amines is 1. The first-order valence-electron chi connectivity index (χ1n) is 12.1. The van der Waals surface area contributed by atoms with Crippen molar-refractivity contribution in [2.24, 2.45) is 0 Å². The fourth-order valence-electron chi connectivity index (χ4n) is 5.19. The average Bonchev–Trinajstić information content (AvgIpc) is 3.26. The lowest BCUT2D eigenvalue weighted by molar-refractivity contribution is -0.128. The molecule has 1 aromatic heterocycles. The van der Waals surface area contributed by atoms with Gasteiger partial charge in [0.15, 0.2) is 5.54 Å². The first kappa shape index (κ1) is 23.9. The summed E-state index contributed by atoms with van der Waals surface area (Å²) in [6, 6.07) is 14.9. The Morgan fingerprint density at radius 3 is 2.19 bits per heavy atom. The second-order valence-corrected chi connectivity index (χ2v) is 11.3. The normalized spacial score (nSPS) is 19.4. The highest BCUT2D eigenvalue weighted by atomic mass is 16.6. The van der Waals surface area contributed by atoms with Crippen LogP contribution in [-0.2, 0) is 26.2 Å². The predicted molar refractivity (Wildman–Crippen MR) is 136 cm³/mol. The molecule has 0 saturated carbocycles. The summed E-state index contributed by atoms with van der Waals surface area (Å²) in [6.07, 6.45) is -0.882. The van der Waals surface area contributed by atoms with Crippen molar-refractivity contribution in [2.45, 2.75) is 64.7 Å². The van der Waals surface area contributed by atoms with Gasteiger partial charge < -0.3 is 14.5 Å². The number of H-pyrrole nitrogens is 1. The number of para-hydroxylation sites is 2. The van der Waals surface area contributed by atoms with Crippen LogP contribution in [0, 0.1) is 0 Å². The van der Waals surface area contributed by atoms with Gasteiger partial charge in [0.25, 0.3) is 5.91 Å². The Kier molecular flexibility index (Phi) is 5.21. The highest BCUT2D eigenvalue weighted by molar-refractivity contribution is 6.23. The van der Waals surface area contributed by atoms with Crippen LogP contribution in [0.4, 0.5) is 15.3 Å². The summed E-state index contributed by atoms with van der Waals surface area (Å²) in [5, 5.41) is 0.983. The number of imide groups is 1. The number of aromatic nitrogens is 1. The van der Waals surface area contributed by atoms with Crippen molar-refractivity contribution < 1.29 is 23.9 Å². The zero-order chi connectivity index (χ0) is 26.0. The molecule has 0 unspecified atom stereocenters. The molecule has 3 heterocycles. The summed E-state index contributed by atoms with van der Waals surface area (Å²) in [4.78, 5) is 47.5. The summed E-state index contributed by atoms with van der Waals surface area (Å²) in [7, 11) is 0. The van der Waals surface area contributed by atoms with Gasteiger partial charge in [-0.3, -0.25) is 9.69 Å². The number of benzene rings is 2. The van der Waals surface area contributed by atoms with Gasteiger partial charge in [0.1, 0.15) is 11.2 Å². The number of nitrogens with one attached hydrogen (secondary N) is 1. The molecule has 8 heteroatoms. The van der Waals surface area contributed by atoms with Crippen LogP contribution in [0.15, 0.2) is 48.5 Å². The van der Waals surface area contributed by atoms with Gasteiger partial charge in [0.2, 0.25) is 0 Å². The van der Waals surface area contributed by atoms with Gasteiger partial charge in [-0.15, -0.1) is 0 Å². The minimum Gasteiger partial charge on any atom is -0.444 e. The Hall–Kier alpha value is -3.81. The Bertz CT molecular complexity index is 1390. The molecule has 2 aromatic carbocycles. The highest BCUT2D eigenvalue weighted by Gasteiger charge is 2.63. The number of ether oxygens (including phenoxy) is 2. The molecule has 0 radical (unpaired) electrons. The number of fused-ring (bicyclic) bond motifs is 6. The van der Waals surface area contributed by atoms with Crippen LogP contribution in [0.1, 0.15) is 58.4 Å². The van der Waals surface area contributed by atoms with Gasteiger partial charge in [-0.05, 0) is 65.7 Å². The van der Waals surface area contributed by atoms with Gasteiger partial charge in [0.05, 0.1) is 11.4 Å². The molecule has 0 bridgehead atoms. The molecule has 2 aliphatic rings. The van der Waals surface area contributed by atoms with Gasteiger partial charge >= 0.3 is 12.2 Å². The van der Waals surface area contributed by atoms with Crippen LogP contribution < -0.4 is 4.90 Å². The first-order valence-corrected chi connectivity index (χ1v) is 12.1. The Balaban J connectivity index is 1.79. The average molecular weight is 490 g/mol. The van der Waals surface area contributed by atoms with E-state index in [2.05, 4.69) is 4.98 Å². The summed E-state index contributed by atoms with van der Waals surface area (Å²) in [6.45, 7) is 10.8. The fraction of sp³-hybridized carbons (Fsp3) is 0.393. The van der Waals surface area contributed by atoms with E-state index in [-0.39, 0.29) is 6.54 Å². The van der Waals surface area contributed by atoms with Crippen molar-refractivity contribution in [2.75, 3.05) is 11.4 Å². The van der Waals surface area contributed by atoms with Crippen LogP contribution in [0.3, 0.4) is 0 Å². The Labute approximate surface area is 210 Å². The van der Waals surface area contributed by atoms with E-state index in [0.717, 1.165) is 21.4 Å².